The molecule has 18 heteroatoms. The van der Waals surface area contributed by atoms with Crippen molar-refractivity contribution in [2.24, 2.45) is 25.0 Å². The third kappa shape index (κ3) is 9.47. The smallest absolute Gasteiger partial charge is 0.312 e. The predicted octanol–water partition coefficient (Wildman–Crippen LogP) is 1.94. The number of nitrogens with zero attached hydrogens (tertiary/aromatic N) is 4. The quantitative estimate of drug-likeness (QED) is 0.0186. The number of halogens is 1. The summed E-state index contributed by atoms with van der Waals surface area (Å²) >= 11 is 5.67. The van der Waals surface area contributed by atoms with Crippen molar-refractivity contribution in [2.45, 2.75) is 11.3 Å². The average molecular weight is 739 g/mol. The first-order valence-corrected chi connectivity index (χ1v) is 17.1. The molecule has 16 nitrogen and oxygen atoms in total. The topological polar surface area (TPSA) is 219 Å². The molecule has 0 saturated carbocycles. The van der Waals surface area contributed by atoms with Crippen molar-refractivity contribution in [3.05, 3.63) is 95.4 Å². The molecule has 51 heavy (non-hydrogen) atoms. The Hall–Kier alpha value is -5.78. The molecular formula is C33H37ClN9O7S+. The zero-order chi connectivity index (χ0) is 37.3. The Morgan fingerprint density at radius 2 is 1.61 bits per heavy atom. The second-order valence-corrected chi connectivity index (χ2v) is 13.3. The fourth-order valence-corrected chi connectivity index (χ4v) is 6.27. The number of allylic oxidation sites excluding steroid dienone is 3. The van der Waals surface area contributed by atoms with Gasteiger partial charge in [-0.05, 0) is 35.9 Å². The van der Waals surface area contributed by atoms with E-state index in [1.165, 1.54) is 52.9 Å². The molecule has 7 N–H and O–H groups in total. The minimum atomic E-state index is -1.22. The Morgan fingerprint density at radius 3 is 2.20 bits per heavy atom. The zero-order valence-electron chi connectivity index (χ0n) is 27.9. The van der Waals surface area contributed by atoms with Gasteiger partial charge in [0.25, 0.3) is 18.2 Å². The van der Waals surface area contributed by atoms with Crippen LogP contribution in [-0.2, 0) is 39.3 Å². The number of amides is 4. The van der Waals surface area contributed by atoms with Crippen LogP contribution in [0.5, 0.6) is 0 Å². The second-order valence-electron chi connectivity index (χ2n) is 11.4. The molecule has 268 valence electrons. The van der Waals surface area contributed by atoms with E-state index in [-0.39, 0.29) is 53.0 Å². The maximum Gasteiger partial charge on any atom is 0.312 e. The van der Waals surface area contributed by atoms with E-state index in [9.17, 15) is 28.2 Å². The Balaban J connectivity index is 1.43. The van der Waals surface area contributed by atoms with Gasteiger partial charge in [0.15, 0.2) is 5.78 Å². The first-order chi connectivity index (χ1) is 24.3. The number of nitrogens with one attached hydrogen (secondary N) is 4. The number of amidine groups is 1. The highest BCUT2D eigenvalue weighted by atomic mass is 35.5. The van der Waals surface area contributed by atoms with Crippen LogP contribution < -0.4 is 27.1 Å². The maximum atomic E-state index is 13.5. The molecular weight excluding hydrogens is 702 g/mol. The summed E-state index contributed by atoms with van der Waals surface area (Å²) in [4.78, 5) is 64.4. The lowest BCUT2D eigenvalue weighted by molar-refractivity contribution is -0.849. The number of ketones is 1. The van der Waals surface area contributed by atoms with Gasteiger partial charge in [0.2, 0.25) is 5.70 Å². The maximum absolute atomic E-state index is 13.5. The molecule has 4 rings (SSSR count). The second kappa shape index (κ2) is 16.8. The Labute approximate surface area is 300 Å². The number of aromatic nitrogens is 2. The van der Waals surface area contributed by atoms with Crippen LogP contribution in [0.2, 0.25) is 0 Å². The van der Waals surface area contributed by atoms with E-state index in [1.807, 2.05) is 0 Å². The van der Waals surface area contributed by atoms with Crippen molar-refractivity contribution in [1.82, 2.24) is 19.9 Å². The van der Waals surface area contributed by atoms with Crippen LogP contribution in [0, 0.1) is 0 Å². The number of rotatable bonds is 16. The van der Waals surface area contributed by atoms with E-state index in [1.54, 1.807) is 50.6 Å². The van der Waals surface area contributed by atoms with Crippen LogP contribution in [-0.4, -0.2) is 84.1 Å². The standard InChI is InChI=1S/C33H36ClN9O7S/c1-41-17-23(15-26(41)31(46)36-12-10-30(35)40-49)38-32(47)27-16-24(18-42(27)2)39-33(48)28-14-22(19-43(28,3)37-20-44)29(45)9-6-21-4-7-25(8-5-21)51(50)13-11-34/h4-9,14-20H,10-13H2,1-3H3,(H6-,35,36,37,38,39,40,44,46,47,48,49)/p+1. The van der Waals surface area contributed by atoms with Gasteiger partial charge in [0, 0.05) is 62.1 Å². The lowest BCUT2D eigenvalue weighted by Gasteiger charge is -2.25. The summed E-state index contributed by atoms with van der Waals surface area (Å²) in [6, 6.07) is 9.76. The van der Waals surface area contributed by atoms with Crippen molar-refractivity contribution in [1.29, 1.82) is 0 Å². The lowest BCUT2D eigenvalue weighted by atomic mass is 10.1. The Bertz CT molecular complexity index is 2000. The van der Waals surface area contributed by atoms with Gasteiger partial charge >= 0.3 is 5.91 Å². The molecule has 0 fully saturated rings. The van der Waals surface area contributed by atoms with Crippen LogP contribution in [0.25, 0.3) is 6.08 Å². The van der Waals surface area contributed by atoms with E-state index in [2.05, 4.69) is 26.5 Å². The summed E-state index contributed by atoms with van der Waals surface area (Å²) in [6.45, 7) is 0.140. The predicted molar refractivity (Wildman–Crippen MR) is 192 cm³/mol. The van der Waals surface area contributed by atoms with Gasteiger partial charge in [0.1, 0.15) is 30.5 Å². The number of hydrogen-bond acceptors (Lipinski definition) is 8. The molecule has 0 radical (unpaired) electrons. The van der Waals surface area contributed by atoms with Crippen molar-refractivity contribution >= 4 is 75.6 Å². The number of carbonyl (C=O) groups excluding carboxylic acids is 5. The number of carbonyl (C=O) groups is 5. The molecule has 1 aromatic carbocycles. The molecule has 2 unspecified atom stereocenters. The highest BCUT2D eigenvalue weighted by Crippen LogP contribution is 2.27. The normalized spacial score (nSPS) is 16.3. The van der Waals surface area contributed by atoms with Crippen LogP contribution in [0.1, 0.15) is 33.0 Å². The molecule has 2 atom stereocenters. The van der Waals surface area contributed by atoms with E-state index in [0.29, 0.717) is 28.3 Å². The molecule has 0 saturated heterocycles. The zero-order valence-corrected chi connectivity index (χ0v) is 29.5. The SMILES string of the molecule is Cn1cc(NC(=O)c2cc(NC(=O)C3=CC(C(=O)C=Cc4ccc(S(=O)CCCl)cc4)=C[N+]3(C)NC=O)cn2C)cc1C(=O)NCCC(N)=NO. The minimum absolute atomic E-state index is 0.0289. The number of quaternary nitrogens is 1. The molecule has 0 bridgehead atoms. The molecule has 0 aliphatic carbocycles. The van der Waals surface area contributed by atoms with Gasteiger partial charge in [0.05, 0.1) is 27.7 Å². The number of likely N-dealkylation sites (N-methyl/N-ethyl adjacent to an activating group) is 1. The highest BCUT2D eigenvalue weighted by molar-refractivity contribution is 7.85. The van der Waals surface area contributed by atoms with Crippen LogP contribution in [0.15, 0.2) is 88.5 Å². The molecule has 4 amide bonds. The van der Waals surface area contributed by atoms with Crippen LogP contribution >= 0.6 is 11.6 Å². The Kier molecular flexibility index (Phi) is 12.5. The van der Waals surface area contributed by atoms with Gasteiger partial charge in [-0.3, -0.25) is 28.2 Å². The summed E-state index contributed by atoms with van der Waals surface area (Å²) in [5, 5.41) is 19.6. The molecule has 3 aromatic rings. The van der Waals surface area contributed by atoms with Gasteiger partial charge in [-0.25, -0.2) is 0 Å². The summed E-state index contributed by atoms with van der Waals surface area (Å²) in [6.07, 6.45) is 9.32. The van der Waals surface area contributed by atoms with Crippen molar-refractivity contribution < 1.29 is 38.0 Å². The highest BCUT2D eigenvalue weighted by Gasteiger charge is 2.39. The van der Waals surface area contributed by atoms with Crippen LogP contribution in [0.4, 0.5) is 11.4 Å². The van der Waals surface area contributed by atoms with E-state index >= 15 is 0 Å². The fourth-order valence-electron chi connectivity index (χ4n) is 5.03. The fraction of sp³-hybridized carbons (Fsp3) is 0.212. The van der Waals surface area contributed by atoms with Gasteiger partial charge in [-0.2, -0.15) is 10.0 Å². The summed E-state index contributed by atoms with van der Waals surface area (Å²) in [7, 11) is 3.54. The largest absolute Gasteiger partial charge is 0.409 e. The number of hydrogen-bond donors (Lipinski definition) is 6. The molecule has 3 heterocycles. The lowest BCUT2D eigenvalue weighted by Crippen LogP contribution is -2.50. The van der Waals surface area contributed by atoms with Crippen molar-refractivity contribution in [3.63, 3.8) is 0 Å². The average Bonchev–Trinajstić information content (AvgIpc) is 3.77. The van der Waals surface area contributed by atoms with Crippen molar-refractivity contribution in [3.8, 4) is 0 Å². The van der Waals surface area contributed by atoms with Crippen LogP contribution in [0.3, 0.4) is 0 Å². The minimum Gasteiger partial charge on any atom is -0.409 e. The monoisotopic (exact) mass is 738 g/mol. The summed E-state index contributed by atoms with van der Waals surface area (Å²) < 4.78 is 14.7. The molecule has 1 aliphatic rings. The van der Waals surface area contributed by atoms with Crippen molar-refractivity contribution in [2.75, 3.05) is 35.9 Å². The number of nitrogens with two attached hydrogens (primary N) is 1. The third-order valence-electron chi connectivity index (χ3n) is 7.65. The van der Waals surface area contributed by atoms with E-state index in [0.717, 1.165) is 0 Å². The number of benzene rings is 1. The van der Waals surface area contributed by atoms with Gasteiger partial charge < -0.3 is 36.0 Å². The number of anilines is 2. The molecule has 0 spiro atoms. The molecule has 1 aliphatic heterocycles. The first-order valence-electron chi connectivity index (χ1n) is 15.3. The summed E-state index contributed by atoms with van der Waals surface area (Å²) in [5.74, 6) is -1.44. The summed E-state index contributed by atoms with van der Waals surface area (Å²) in [5.41, 5.74) is 9.87. The number of oxime groups is 1. The Morgan fingerprint density at radius 1 is 1.00 bits per heavy atom. The van der Waals surface area contributed by atoms with Gasteiger partial charge in [-0.1, -0.05) is 23.4 Å². The first kappa shape index (κ1) is 38.0. The molecule has 2 aromatic heterocycles. The third-order valence-corrected chi connectivity index (χ3v) is 9.43. The van der Waals surface area contributed by atoms with Gasteiger partial charge in [-0.15, -0.1) is 11.6 Å². The van der Waals surface area contributed by atoms with E-state index in [4.69, 9.17) is 22.5 Å². The number of alkyl halides is 1. The van der Waals surface area contributed by atoms with E-state index < -0.39 is 38.9 Å². The number of aryl methyl sites for hydroxylation is 2.